The second-order valence-corrected chi connectivity index (χ2v) is 6.04. The molecule has 26 heavy (non-hydrogen) atoms. The predicted molar refractivity (Wildman–Crippen MR) is 101 cm³/mol. The van der Waals surface area contributed by atoms with E-state index in [1.807, 2.05) is 22.6 Å². The number of benzene rings is 1. The van der Waals surface area contributed by atoms with Gasteiger partial charge in [-0.05, 0) is 40.3 Å². The minimum Gasteiger partial charge on any atom is -0.493 e. The zero-order valence-corrected chi connectivity index (χ0v) is 17.0. The molecule has 8 nitrogen and oxygen atoms in total. The first-order chi connectivity index (χ1) is 12.4. The SMILES string of the molecule is COC(=O)c1[nH]c(C(=O)OC)c(-c2cc(OC)c(OC)c(OC)c2)c1I. The minimum absolute atomic E-state index is 0.117. The van der Waals surface area contributed by atoms with Gasteiger partial charge in [0.2, 0.25) is 5.75 Å². The molecule has 0 fully saturated rings. The number of aromatic nitrogens is 1. The van der Waals surface area contributed by atoms with E-state index < -0.39 is 11.9 Å². The van der Waals surface area contributed by atoms with Gasteiger partial charge in [-0.15, -0.1) is 0 Å². The van der Waals surface area contributed by atoms with Crippen molar-refractivity contribution in [1.29, 1.82) is 0 Å². The molecule has 1 heterocycles. The van der Waals surface area contributed by atoms with Gasteiger partial charge in [0.05, 0.1) is 39.1 Å². The maximum absolute atomic E-state index is 12.2. The predicted octanol–water partition coefficient (Wildman–Crippen LogP) is 2.89. The lowest BCUT2D eigenvalue weighted by Crippen LogP contribution is -2.06. The highest BCUT2D eigenvalue weighted by molar-refractivity contribution is 14.1. The molecule has 2 rings (SSSR count). The number of methoxy groups -OCH3 is 5. The fourth-order valence-corrected chi connectivity index (χ4v) is 3.41. The summed E-state index contributed by atoms with van der Waals surface area (Å²) in [4.78, 5) is 27.0. The van der Waals surface area contributed by atoms with Crippen molar-refractivity contribution in [1.82, 2.24) is 4.98 Å². The standard InChI is InChI=1S/C17H18INO7/c1-22-9-6-8(7-10(23-2)15(9)24-3)11-12(18)14(17(21)26-5)19-13(11)16(20)25-4/h6-7,19H,1-5H3. The minimum atomic E-state index is -0.623. The van der Waals surface area contributed by atoms with Crippen LogP contribution in [0.2, 0.25) is 0 Å². The third kappa shape index (κ3) is 3.43. The summed E-state index contributed by atoms with van der Waals surface area (Å²) in [6.07, 6.45) is 0. The average Bonchev–Trinajstić information content (AvgIpc) is 3.02. The van der Waals surface area contributed by atoms with Crippen LogP contribution in [-0.2, 0) is 9.47 Å². The van der Waals surface area contributed by atoms with Crippen molar-refractivity contribution in [2.45, 2.75) is 0 Å². The van der Waals surface area contributed by atoms with E-state index in [0.717, 1.165) is 0 Å². The summed E-state index contributed by atoms with van der Waals surface area (Å²) in [5.41, 5.74) is 1.32. The molecule has 1 aromatic heterocycles. The van der Waals surface area contributed by atoms with Gasteiger partial charge in [0, 0.05) is 5.56 Å². The first-order valence-corrected chi connectivity index (χ1v) is 8.39. The van der Waals surface area contributed by atoms with E-state index in [9.17, 15) is 9.59 Å². The molecule has 1 N–H and O–H groups in total. The van der Waals surface area contributed by atoms with Crippen molar-refractivity contribution in [3.63, 3.8) is 0 Å². The van der Waals surface area contributed by atoms with Crippen LogP contribution in [-0.4, -0.2) is 52.5 Å². The van der Waals surface area contributed by atoms with Gasteiger partial charge < -0.3 is 28.7 Å². The highest BCUT2D eigenvalue weighted by Gasteiger charge is 2.28. The maximum Gasteiger partial charge on any atom is 0.355 e. The van der Waals surface area contributed by atoms with Crippen LogP contribution in [0, 0.1) is 3.57 Å². The zero-order valence-electron chi connectivity index (χ0n) is 14.9. The number of carbonyl (C=O) groups excluding carboxylic acids is 2. The number of esters is 2. The molecule has 0 saturated carbocycles. The Morgan fingerprint density at radius 1 is 0.846 bits per heavy atom. The van der Waals surface area contributed by atoms with Crippen LogP contribution in [0.25, 0.3) is 11.1 Å². The number of hydrogen-bond donors (Lipinski definition) is 1. The molecular formula is C17H18INO7. The van der Waals surface area contributed by atoms with E-state index in [0.29, 0.717) is 31.9 Å². The molecule has 0 aliphatic heterocycles. The van der Waals surface area contributed by atoms with Crippen LogP contribution < -0.4 is 14.2 Å². The number of carbonyl (C=O) groups is 2. The summed E-state index contributed by atoms with van der Waals surface area (Å²) in [7, 11) is 6.99. The van der Waals surface area contributed by atoms with Crippen LogP contribution in [0.15, 0.2) is 12.1 Å². The van der Waals surface area contributed by atoms with Gasteiger partial charge in [-0.3, -0.25) is 0 Å². The quantitative estimate of drug-likeness (QED) is 0.507. The van der Waals surface area contributed by atoms with Gasteiger partial charge in [-0.25, -0.2) is 9.59 Å². The summed E-state index contributed by atoms with van der Waals surface area (Å²) in [6, 6.07) is 3.36. The van der Waals surface area contributed by atoms with E-state index in [4.69, 9.17) is 23.7 Å². The smallest absolute Gasteiger partial charge is 0.355 e. The van der Waals surface area contributed by atoms with E-state index in [2.05, 4.69) is 4.98 Å². The zero-order chi connectivity index (χ0) is 19.4. The second kappa shape index (κ2) is 8.30. The van der Waals surface area contributed by atoms with Gasteiger partial charge >= 0.3 is 11.9 Å². The van der Waals surface area contributed by atoms with Crippen LogP contribution in [0.5, 0.6) is 17.2 Å². The van der Waals surface area contributed by atoms with E-state index in [1.165, 1.54) is 35.5 Å². The Morgan fingerprint density at radius 2 is 1.35 bits per heavy atom. The summed E-state index contributed by atoms with van der Waals surface area (Å²) in [6.45, 7) is 0. The normalized spacial score (nSPS) is 10.2. The number of ether oxygens (including phenoxy) is 5. The Bertz CT molecular complexity index is 819. The monoisotopic (exact) mass is 475 g/mol. The van der Waals surface area contributed by atoms with Gasteiger partial charge in [0.1, 0.15) is 11.4 Å². The van der Waals surface area contributed by atoms with Crippen molar-refractivity contribution in [3.05, 3.63) is 27.1 Å². The molecule has 0 saturated heterocycles. The molecule has 1 aromatic carbocycles. The van der Waals surface area contributed by atoms with Crippen LogP contribution >= 0.6 is 22.6 Å². The third-order valence-electron chi connectivity index (χ3n) is 3.67. The largest absolute Gasteiger partial charge is 0.493 e. The van der Waals surface area contributed by atoms with Gasteiger partial charge in [0.25, 0.3) is 0 Å². The number of nitrogens with one attached hydrogen (secondary N) is 1. The number of aromatic amines is 1. The molecular weight excluding hydrogens is 457 g/mol. The second-order valence-electron chi connectivity index (χ2n) is 4.96. The molecule has 0 aliphatic carbocycles. The highest BCUT2D eigenvalue weighted by Crippen LogP contribution is 2.43. The summed E-state index contributed by atoms with van der Waals surface area (Å²) in [5, 5.41) is 0. The highest BCUT2D eigenvalue weighted by atomic mass is 127. The molecule has 0 bridgehead atoms. The van der Waals surface area contributed by atoms with E-state index in [1.54, 1.807) is 12.1 Å². The molecule has 0 aliphatic rings. The fourth-order valence-electron chi connectivity index (χ4n) is 2.47. The van der Waals surface area contributed by atoms with Crippen molar-refractivity contribution >= 4 is 34.5 Å². The van der Waals surface area contributed by atoms with E-state index >= 15 is 0 Å². The lowest BCUT2D eigenvalue weighted by molar-refractivity contribution is 0.0590. The Morgan fingerprint density at radius 3 is 1.77 bits per heavy atom. The number of hydrogen-bond acceptors (Lipinski definition) is 7. The molecule has 2 aromatic rings. The summed E-state index contributed by atoms with van der Waals surface area (Å²) in [5.74, 6) is 0.0146. The van der Waals surface area contributed by atoms with Crippen molar-refractivity contribution in [2.24, 2.45) is 0 Å². The number of halogens is 1. The molecule has 0 spiro atoms. The van der Waals surface area contributed by atoms with Crippen LogP contribution in [0.3, 0.4) is 0 Å². The summed E-state index contributed by atoms with van der Waals surface area (Å²) >= 11 is 1.97. The average molecular weight is 475 g/mol. The lowest BCUT2D eigenvalue weighted by Gasteiger charge is -2.14. The molecule has 0 atom stereocenters. The molecule has 0 amide bonds. The van der Waals surface area contributed by atoms with Crippen molar-refractivity contribution in [3.8, 4) is 28.4 Å². The maximum atomic E-state index is 12.2. The van der Waals surface area contributed by atoms with Crippen LogP contribution in [0.4, 0.5) is 0 Å². The molecule has 9 heteroatoms. The fraction of sp³-hybridized carbons (Fsp3) is 0.294. The first-order valence-electron chi connectivity index (χ1n) is 7.31. The number of rotatable bonds is 6. The third-order valence-corrected chi connectivity index (χ3v) is 4.75. The topological polar surface area (TPSA) is 96.1 Å². The van der Waals surface area contributed by atoms with Gasteiger partial charge in [0.15, 0.2) is 11.5 Å². The van der Waals surface area contributed by atoms with E-state index in [-0.39, 0.29) is 11.4 Å². The Kier molecular flexibility index (Phi) is 6.35. The number of H-pyrrole nitrogens is 1. The Hall–Kier alpha value is -2.43. The Labute approximate surface area is 163 Å². The van der Waals surface area contributed by atoms with Gasteiger partial charge in [-0.2, -0.15) is 0 Å². The van der Waals surface area contributed by atoms with Crippen molar-refractivity contribution in [2.75, 3.05) is 35.5 Å². The first kappa shape index (κ1) is 19.9. The lowest BCUT2D eigenvalue weighted by atomic mass is 10.0. The molecule has 140 valence electrons. The van der Waals surface area contributed by atoms with Crippen LogP contribution in [0.1, 0.15) is 21.0 Å². The molecule has 0 unspecified atom stereocenters. The summed E-state index contributed by atoms with van der Waals surface area (Å²) < 4.78 is 26.1. The van der Waals surface area contributed by atoms with Crippen molar-refractivity contribution < 1.29 is 33.3 Å². The molecule has 0 radical (unpaired) electrons. The van der Waals surface area contributed by atoms with Gasteiger partial charge in [-0.1, -0.05) is 0 Å². The Balaban J connectivity index is 2.80.